The molecule has 0 atom stereocenters. The molecule has 0 unspecified atom stereocenters. The van der Waals surface area contributed by atoms with Gasteiger partial charge in [0, 0.05) is 10.7 Å². The van der Waals surface area contributed by atoms with E-state index in [2.05, 4.69) is 26.2 Å². The lowest BCUT2D eigenvalue weighted by Crippen LogP contribution is -2.36. The van der Waals surface area contributed by atoms with Crippen molar-refractivity contribution >= 4 is 51.0 Å². The summed E-state index contributed by atoms with van der Waals surface area (Å²) in [6.45, 7) is 0.856. The molecule has 27 heavy (non-hydrogen) atoms. The van der Waals surface area contributed by atoms with Gasteiger partial charge in [-0.3, -0.25) is 24.1 Å². The third-order valence-electron chi connectivity index (χ3n) is 3.77. The first-order valence-corrected chi connectivity index (χ1v) is 8.68. The van der Waals surface area contributed by atoms with Crippen LogP contribution in [0.5, 0.6) is 0 Å². The summed E-state index contributed by atoms with van der Waals surface area (Å²) in [5.41, 5.74) is 1.46. The van der Waals surface area contributed by atoms with Crippen LogP contribution >= 0.6 is 15.9 Å². The number of hydrogen-bond donors (Lipinski definition) is 1. The number of carbonyl (C=O) groups excluding carboxylic acids is 4. The molecule has 0 spiro atoms. The second-order valence-electron chi connectivity index (χ2n) is 5.81. The molecule has 2 aromatic rings. The van der Waals surface area contributed by atoms with Crippen LogP contribution in [0.4, 0.5) is 11.5 Å². The predicted molar refractivity (Wildman–Crippen MR) is 99.4 cm³/mol. The summed E-state index contributed by atoms with van der Waals surface area (Å²) >= 11 is 3.23. The van der Waals surface area contributed by atoms with Crippen molar-refractivity contribution in [3.63, 3.8) is 0 Å². The number of aryl methyl sites for hydroxylation is 1. The smallest absolute Gasteiger partial charge is 0.326 e. The molecule has 1 N–H and O–H groups in total. The van der Waals surface area contributed by atoms with E-state index in [-0.39, 0.29) is 5.56 Å². The van der Waals surface area contributed by atoms with E-state index in [1.54, 1.807) is 30.5 Å². The van der Waals surface area contributed by atoms with Gasteiger partial charge in [0.15, 0.2) is 6.61 Å². The van der Waals surface area contributed by atoms with Gasteiger partial charge in [0.1, 0.15) is 12.4 Å². The molecule has 9 heteroatoms. The maximum atomic E-state index is 12.1. The molecule has 1 aromatic carbocycles. The van der Waals surface area contributed by atoms with Crippen molar-refractivity contribution in [2.45, 2.75) is 6.92 Å². The number of hydrogen-bond acceptors (Lipinski definition) is 6. The number of fused-ring (bicyclic) bond motifs is 1. The molecule has 2 amide bonds. The minimum absolute atomic E-state index is 0.213. The van der Waals surface area contributed by atoms with Crippen molar-refractivity contribution < 1.29 is 23.9 Å². The van der Waals surface area contributed by atoms with Crippen molar-refractivity contribution in [2.75, 3.05) is 23.4 Å². The average molecular weight is 432 g/mol. The first-order valence-electron chi connectivity index (χ1n) is 7.89. The van der Waals surface area contributed by atoms with Gasteiger partial charge < -0.3 is 10.1 Å². The summed E-state index contributed by atoms with van der Waals surface area (Å²) in [6.07, 6.45) is 1.54. The SMILES string of the molecule is Cc1ccnc(NC(=O)COC(=O)CN2C(=O)C(=O)c3cc(Br)ccc32)c1. The molecule has 1 aliphatic rings. The van der Waals surface area contributed by atoms with Crippen molar-refractivity contribution in [1.82, 2.24) is 4.98 Å². The zero-order valence-corrected chi connectivity index (χ0v) is 15.8. The minimum Gasteiger partial charge on any atom is -0.454 e. The fourth-order valence-corrected chi connectivity index (χ4v) is 2.89. The highest BCUT2D eigenvalue weighted by Gasteiger charge is 2.37. The standard InChI is InChI=1S/C18H14BrN3O5/c1-10-4-5-20-14(6-10)21-15(23)9-27-16(24)8-22-13-3-2-11(19)7-12(13)17(25)18(22)26/h2-7H,8-9H2,1H3,(H,20,21,23). The van der Waals surface area contributed by atoms with Gasteiger partial charge >= 0.3 is 5.97 Å². The molecule has 0 aliphatic carbocycles. The quantitative estimate of drug-likeness (QED) is 0.571. The number of nitrogens with zero attached hydrogens (tertiary/aromatic N) is 2. The van der Waals surface area contributed by atoms with Gasteiger partial charge in [-0.1, -0.05) is 15.9 Å². The van der Waals surface area contributed by atoms with Crippen LogP contribution in [-0.4, -0.2) is 41.7 Å². The van der Waals surface area contributed by atoms with Crippen LogP contribution in [0, 0.1) is 6.92 Å². The second kappa shape index (κ2) is 7.67. The number of Topliss-reactive ketones (excluding diaryl/α,β-unsaturated/α-hetero) is 1. The first kappa shape index (κ1) is 18.7. The van der Waals surface area contributed by atoms with Gasteiger partial charge in [-0.2, -0.15) is 0 Å². The summed E-state index contributed by atoms with van der Waals surface area (Å²) in [5, 5.41) is 2.50. The molecule has 0 radical (unpaired) electrons. The third-order valence-corrected chi connectivity index (χ3v) is 4.26. The van der Waals surface area contributed by atoms with E-state index in [4.69, 9.17) is 4.74 Å². The van der Waals surface area contributed by atoms with Crippen LogP contribution in [0.2, 0.25) is 0 Å². The van der Waals surface area contributed by atoms with E-state index in [9.17, 15) is 19.2 Å². The largest absolute Gasteiger partial charge is 0.454 e. The summed E-state index contributed by atoms with van der Waals surface area (Å²) in [6, 6.07) is 8.18. The van der Waals surface area contributed by atoms with E-state index in [1.165, 1.54) is 6.07 Å². The molecule has 1 aromatic heterocycles. The number of anilines is 2. The van der Waals surface area contributed by atoms with Crippen LogP contribution in [-0.2, 0) is 19.1 Å². The maximum Gasteiger partial charge on any atom is 0.326 e. The maximum absolute atomic E-state index is 12.1. The lowest BCUT2D eigenvalue weighted by molar-refractivity contribution is -0.146. The molecule has 138 valence electrons. The molecule has 0 bridgehead atoms. The number of pyridine rings is 1. The Morgan fingerprint density at radius 3 is 2.74 bits per heavy atom. The second-order valence-corrected chi connectivity index (χ2v) is 6.72. The number of nitrogens with one attached hydrogen (secondary N) is 1. The van der Waals surface area contributed by atoms with Crippen LogP contribution in [0.1, 0.15) is 15.9 Å². The van der Waals surface area contributed by atoms with E-state index < -0.39 is 36.7 Å². The molecule has 8 nitrogen and oxygen atoms in total. The number of carbonyl (C=O) groups is 4. The van der Waals surface area contributed by atoms with Gasteiger partial charge in [0.05, 0.1) is 11.3 Å². The van der Waals surface area contributed by atoms with Crippen molar-refractivity contribution in [3.8, 4) is 0 Å². The Kier molecular flexibility index (Phi) is 5.31. The van der Waals surface area contributed by atoms with Crippen molar-refractivity contribution in [2.24, 2.45) is 0 Å². The number of esters is 1. The van der Waals surface area contributed by atoms with Crippen LogP contribution in [0.3, 0.4) is 0 Å². The van der Waals surface area contributed by atoms with E-state index in [1.807, 2.05) is 6.92 Å². The number of amides is 2. The van der Waals surface area contributed by atoms with E-state index >= 15 is 0 Å². The first-order chi connectivity index (χ1) is 12.8. The number of aromatic nitrogens is 1. The minimum atomic E-state index is -0.812. The van der Waals surface area contributed by atoms with E-state index in [0.717, 1.165) is 10.5 Å². The fraction of sp³-hybridized carbons (Fsp3) is 0.167. The Bertz CT molecular complexity index is 960. The van der Waals surface area contributed by atoms with Gasteiger partial charge in [-0.25, -0.2) is 4.98 Å². The van der Waals surface area contributed by atoms with Crippen molar-refractivity contribution in [3.05, 3.63) is 52.1 Å². The monoisotopic (exact) mass is 431 g/mol. The van der Waals surface area contributed by atoms with Gasteiger partial charge in [-0.05, 0) is 42.8 Å². The van der Waals surface area contributed by atoms with Crippen molar-refractivity contribution in [1.29, 1.82) is 0 Å². The number of rotatable bonds is 5. The highest BCUT2D eigenvalue weighted by atomic mass is 79.9. The summed E-state index contributed by atoms with van der Waals surface area (Å²) in [7, 11) is 0. The molecule has 0 fully saturated rings. The third kappa shape index (κ3) is 4.20. The molecule has 0 saturated heterocycles. The lowest BCUT2D eigenvalue weighted by atomic mass is 10.1. The zero-order valence-electron chi connectivity index (χ0n) is 14.2. The number of halogens is 1. The summed E-state index contributed by atoms with van der Waals surface area (Å²) in [4.78, 5) is 53.0. The number of benzene rings is 1. The highest BCUT2D eigenvalue weighted by Crippen LogP contribution is 2.31. The zero-order chi connectivity index (χ0) is 19.6. The Hall–Kier alpha value is -3.07. The van der Waals surface area contributed by atoms with Gasteiger partial charge in [-0.15, -0.1) is 0 Å². The molecule has 1 aliphatic heterocycles. The normalized spacial score (nSPS) is 12.7. The topological polar surface area (TPSA) is 106 Å². The highest BCUT2D eigenvalue weighted by molar-refractivity contribution is 9.10. The Morgan fingerprint density at radius 1 is 1.22 bits per heavy atom. The Labute approximate surface area is 162 Å². The van der Waals surface area contributed by atoms with Gasteiger partial charge in [0.25, 0.3) is 17.6 Å². The van der Waals surface area contributed by atoms with Crippen LogP contribution in [0.15, 0.2) is 41.0 Å². The fourth-order valence-electron chi connectivity index (χ4n) is 2.53. The molecule has 2 heterocycles. The summed E-state index contributed by atoms with van der Waals surface area (Å²) in [5.74, 6) is -2.53. The lowest BCUT2D eigenvalue weighted by Gasteiger charge is -2.15. The Balaban J connectivity index is 1.58. The molecule has 0 saturated carbocycles. The molecular formula is C18H14BrN3O5. The van der Waals surface area contributed by atoms with Crippen LogP contribution < -0.4 is 10.2 Å². The number of ketones is 1. The average Bonchev–Trinajstić information content (AvgIpc) is 2.84. The number of ether oxygens (including phenoxy) is 1. The molecule has 3 rings (SSSR count). The summed E-state index contributed by atoms with van der Waals surface area (Å²) < 4.78 is 5.54. The Morgan fingerprint density at radius 2 is 2.00 bits per heavy atom. The van der Waals surface area contributed by atoms with E-state index in [0.29, 0.717) is 16.0 Å². The molecular weight excluding hydrogens is 418 g/mol. The van der Waals surface area contributed by atoms with Crippen LogP contribution in [0.25, 0.3) is 0 Å². The van der Waals surface area contributed by atoms with Gasteiger partial charge in [0.2, 0.25) is 0 Å². The predicted octanol–water partition coefficient (Wildman–Crippen LogP) is 1.86.